The Hall–Kier alpha value is -1.57. The zero-order valence-electron chi connectivity index (χ0n) is 7.87. The molecular weight excluding hydrogens is 162 g/mol. The highest BCUT2D eigenvalue weighted by Gasteiger charge is 1.88. The number of ether oxygens (including phenoxy) is 1. The van der Waals surface area contributed by atoms with Crippen LogP contribution in [0, 0.1) is 12.3 Å². The van der Waals surface area contributed by atoms with E-state index in [-0.39, 0.29) is 5.90 Å². The Morgan fingerprint density at radius 3 is 2.46 bits per heavy atom. The van der Waals surface area contributed by atoms with Gasteiger partial charge in [-0.2, -0.15) is 0 Å². The monoisotopic (exact) mass is 175 g/mol. The predicted molar refractivity (Wildman–Crippen MR) is 54.9 cm³/mol. The highest BCUT2D eigenvalue weighted by Crippen LogP contribution is 2.04. The molecule has 0 aliphatic carbocycles. The Labute approximate surface area is 78.4 Å². The van der Waals surface area contributed by atoms with Crippen LogP contribution in [-0.2, 0) is 4.74 Å². The van der Waals surface area contributed by atoms with E-state index in [4.69, 9.17) is 10.1 Å². The summed E-state index contributed by atoms with van der Waals surface area (Å²) in [5.74, 6) is 0.167. The summed E-state index contributed by atoms with van der Waals surface area (Å²) in [6.07, 6.45) is 3.48. The van der Waals surface area contributed by atoms with Crippen LogP contribution in [0.25, 0.3) is 6.08 Å². The maximum absolute atomic E-state index is 7.22. The van der Waals surface area contributed by atoms with Gasteiger partial charge in [0.2, 0.25) is 5.90 Å². The highest BCUT2D eigenvalue weighted by molar-refractivity contribution is 5.89. The van der Waals surface area contributed by atoms with E-state index in [1.165, 1.54) is 12.7 Å². The van der Waals surface area contributed by atoms with Crippen molar-refractivity contribution in [2.24, 2.45) is 0 Å². The first kappa shape index (κ1) is 9.52. The Balaban J connectivity index is 2.69. The summed E-state index contributed by atoms with van der Waals surface area (Å²) in [4.78, 5) is 0. The van der Waals surface area contributed by atoms with Crippen LogP contribution in [0.15, 0.2) is 30.3 Å². The van der Waals surface area contributed by atoms with E-state index < -0.39 is 0 Å². The number of nitrogens with one attached hydrogen (secondary N) is 1. The fourth-order valence-corrected chi connectivity index (χ4v) is 0.918. The van der Waals surface area contributed by atoms with E-state index in [0.29, 0.717) is 0 Å². The summed E-state index contributed by atoms with van der Waals surface area (Å²) in [6, 6.07) is 8.09. The third kappa shape index (κ3) is 3.11. The van der Waals surface area contributed by atoms with Gasteiger partial charge in [0.15, 0.2) is 0 Å². The number of hydrogen-bond donors (Lipinski definition) is 1. The largest absolute Gasteiger partial charge is 0.481 e. The minimum Gasteiger partial charge on any atom is -0.481 e. The van der Waals surface area contributed by atoms with Gasteiger partial charge in [-0.05, 0) is 18.6 Å². The lowest BCUT2D eigenvalue weighted by atomic mass is 10.1. The molecule has 1 N–H and O–H groups in total. The van der Waals surface area contributed by atoms with Gasteiger partial charge in [-0.3, -0.25) is 5.41 Å². The maximum Gasteiger partial charge on any atom is 0.205 e. The molecule has 0 aliphatic heterocycles. The molecule has 0 atom stereocenters. The molecule has 1 rings (SSSR count). The van der Waals surface area contributed by atoms with E-state index in [2.05, 4.69) is 0 Å². The summed E-state index contributed by atoms with van der Waals surface area (Å²) in [5, 5.41) is 7.22. The zero-order chi connectivity index (χ0) is 9.68. The number of hydrogen-bond acceptors (Lipinski definition) is 2. The second kappa shape index (κ2) is 4.45. The zero-order valence-corrected chi connectivity index (χ0v) is 7.87. The van der Waals surface area contributed by atoms with Crippen molar-refractivity contribution in [1.29, 1.82) is 5.41 Å². The van der Waals surface area contributed by atoms with Crippen molar-refractivity contribution in [1.82, 2.24) is 0 Å². The van der Waals surface area contributed by atoms with Gasteiger partial charge in [0, 0.05) is 6.08 Å². The van der Waals surface area contributed by atoms with Crippen LogP contribution < -0.4 is 0 Å². The molecule has 0 unspecified atom stereocenters. The Kier molecular flexibility index (Phi) is 3.26. The van der Waals surface area contributed by atoms with Gasteiger partial charge < -0.3 is 4.74 Å². The molecule has 0 radical (unpaired) electrons. The molecule has 0 saturated heterocycles. The van der Waals surface area contributed by atoms with Crippen LogP contribution >= 0.6 is 0 Å². The number of rotatable bonds is 2. The molecule has 0 aromatic heterocycles. The maximum atomic E-state index is 7.22. The molecule has 0 fully saturated rings. The molecule has 1 aromatic carbocycles. The summed E-state index contributed by atoms with van der Waals surface area (Å²) in [7, 11) is 1.49. The first-order valence-electron chi connectivity index (χ1n) is 4.09. The Bertz CT molecular complexity index is 311. The van der Waals surface area contributed by atoms with Crippen molar-refractivity contribution in [3.8, 4) is 0 Å². The van der Waals surface area contributed by atoms with Crippen LogP contribution in [0.1, 0.15) is 11.1 Å². The lowest BCUT2D eigenvalue weighted by Gasteiger charge is -1.95. The fraction of sp³-hybridized carbons (Fsp3) is 0.182. The van der Waals surface area contributed by atoms with Gasteiger partial charge in [0.1, 0.15) is 0 Å². The van der Waals surface area contributed by atoms with E-state index >= 15 is 0 Å². The molecular formula is C11H13NO. The van der Waals surface area contributed by atoms with Crippen molar-refractivity contribution in [3.63, 3.8) is 0 Å². The first-order valence-corrected chi connectivity index (χ1v) is 4.09. The van der Waals surface area contributed by atoms with E-state index in [0.717, 1.165) is 5.56 Å². The van der Waals surface area contributed by atoms with Gasteiger partial charge in [0.05, 0.1) is 7.11 Å². The van der Waals surface area contributed by atoms with Crippen molar-refractivity contribution in [2.45, 2.75) is 6.92 Å². The van der Waals surface area contributed by atoms with Crippen molar-refractivity contribution >= 4 is 12.0 Å². The summed E-state index contributed by atoms with van der Waals surface area (Å²) < 4.78 is 4.69. The van der Waals surface area contributed by atoms with Crippen LogP contribution in [0.3, 0.4) is 0 Å². The van der Waals surface area contributed by atoms with Gasteiger partial charge >= 0.3 is 0 Å². The van der Waals surface area contributed by atoms with Gasteiger partial charge in [-0.25, -0.2) is 0 Å². The van der Waals surface area contributed by atoms with Crippen molar-refractivity contribution in [2.75, 3.05) is 7.11 Å². The summed E-state index contributed by atoms with van der Waals surface area (Å²) >= 11 is 0. The normalized spacial score (nSPS) is 10.3. The average molecular weight is 175 g/mol. The quantitative estimate of drug-likeness (QED) is 0.544. The third-order valence-electron chi connectivity index (χ3n) is 1.72. The van der Waals surface area contributed by atoms with Crippen LogP contribution in [0.5, 0.6) is 0 Å². The van der Waals surface area contributed by atoms with Crippen molar-refractivity contribution in [3.05, 3.63) is 41.5 Å². The molecule has 0 heterocycles. The molecule has 68 valence electrons. The summed E-state index contributed by atoms with van der Waals surface area (Å²) in [5.41, 5.74) is 2.31. The highest BCUT2D eigenvalue weighted by atomic mass is 16.5. The smallest absolute Gasteiger partial charge is 0.205 e. The van der Waals surface area contributed by atoms with Crippen molar-refractivity contribution < 1.29 is 4.74 Å². The first-order chi connectivity index (χ1) is 6.22. The molecule has 0 spiro atoms. The van der Waals surface area contributed by atoms with E-state index in [1.54, 1.807) is 6.08 Å². The minimum atomic E-state index is 0.167. The lowest BCUT2D eigenvalue weighted by molar-refractivity contribution is 0.403. The minimum absolute atomic E-state index is 0.167. The molecule has 13 heavy (non-hydrogen) atoms. The predicted octanol–water partition coefficient (Wildman–Crippen LogP) is 2.63. The molecule has 0 amide bonds. The third-order valence-corrected chi connectivity index (χ3v) is 1.72. The van der Waals surface area contributed by atoms with Gasteiger partial charge in [0.25, 0.3) is 0 Å². The molecule has 2 heteroatoms. The molecule has 1 aromatic rings. The summed E-state index contributed by atoms with van der Waals surface area (Å²) in [6.45, 7) is 2.05. The van der Waals surface area contributed by atoms with Crippen LogP contribution in [0.4, 0.5) is 0 Å². The lowest BCUT2D eigenvalue weighted by Crippen LogP contribution is -1.91. The number of benzene rings is 1. The topological polar surface area (TPSA) is 33.1 Å². The standard InChI is InChI=1S/C11H13NO/c1-9-3-5-10(6-4-9)7-8-11(12)13-2/h3-8,12H,1-2H3/b8-7+,12-11?. The van der Waals surface area contributed by atoms with E-state index in [1.807, 2.05) is 37.3 Å². The number of methoxy groups -OCH3 is 1. The van der Waals surface area contributed by atoms with Gasteiger partial charge in [-0.1, -0.05) is 29.8 Å². The van der Waals surface area contributed by atoms with Gasteiger partial charge in [-0.15, -0.1) is 0 Å². The van der Waals surface area contributed by atoms with E-state index in [9.17, 15) is 0 Å². The Morgan fingerprint density at radius 2 is 1.92 bits per heavy atom. The molecule has 2 nitrogen and oxygen atoms in total. The second-order valence-corrected chi connectivity index (χ2v) is 2.81. The molecule has 0 aliphatic rings. The molecule has 0 bridgehead atoms. The van der Waals surface area contributed by atoms with Crippen LogP contribution in [-0.4, -0.2) is 13.0 Å². The number of aryl methyl sites for hydroxylation is 1. The SMILES string of the molecule is COC(=N)/C=C/c1ccc(C)cc1. The second-order valence-electron chi connectivity index (χ2n) is 2.81. The van der Waals surface area contributed by atoms with Crippen LogP contribution in [0.2, 0.25) is 0 Å². The molecule has 0 saturated carbocycles. The Morgan fingerprint density at radius 1 is 1.31 bits per heavy atom. The average Bonchev–Trinajstić information content (AvgIpc) is 2.16. The fourth-order valence-electron chi connectivity index (χ4n) is 0.918.